The summed E-state index contributed by atoms with van der Waals surface area (Å²) in [5.41, 5.74) is 2.49. The van der Waals surface area contributed by atoms with Crippen LogP contribution in [0.15, 0.2) is 42.5 Å². The molecule has 5 nitrogen and oxygen atoms in total. The van der Waals surface area contributed by atoms with Crippen LogP contribution < -0.4 is 5.32 Å². The molecule has 36 heavy (non-hydrogen) atoms. The van der Waals surface area contributed by atoms with Crippen molar-refractivity contribution in [3.05, 3.63) is 64.4 Å². The minimum atomic E-state index is -0.756. The van der Waals surface area contributed by atoms with Crippen LogP contribution in [-0.2, 0) is 5.41 Å². The van der Waals surface area contributed by atoms with E-state index in [0.29, 0.717) is 36.7 Å². The van der Waals surface area contributed by atoms with E-state index < -0.39 is 12.0 Å². The van der Waals surface area contributed by atoms with Crippen LogP contribution in [0.25, 0.3) is 0 Å². The number of hydrogen-bond donors (Lipinski definition) is 1. The van der Waals surface area contributed by atoms with Crippen molar-refractivity contribution in [2.45, 2.75) is 56.2 Å². The smallest absolute Gasteiger partial charge is 0.321 e. The molecule has 1 heterocycles. The zero-order valence-electron chi connectivity index (χ0n) is 20.2. The van der Waals surface area contributed by atoms with Gasteiger partial charge in [0.25, 0.3) is 0 Å². The minimum absolute atomic E-state index is 0.0332. The van der Waals surface area contributed by atoms with Gasteiger partial charge in [-0.05, 0) is 92.3 Å². The number of hydrogen-bond acceptors (Lipinski definition) is 3. The standard InChI is InChI=1S/C28H31ClF2N4O/c29-25-15-23(5-6-26(25)31)33-27(36)35(11-2-10-34-12-8-22(30)18-34)24-7-9-28(16-21(28)14-24)20-4-1-3-19(13-20)17-32/h1,3-6,13,15,21-22,24H,2,7-12,14,16,18H2,(H,33,36)/t21-,22-,24?,28-/m1/s1. The first-order valence-corrected chi connectivity index (χ1v) is 13.2. The van der Waals surface area contributed by atoms with Gasteiger partial charge in [-0.15, -0.1) is 0 Å². The summed E-state index contributed by atoms with van der Waals surface area (Å²) in [4.78, 5) is 17.4. The molecule has 8 heteroatoms. The van der Waals surface area contributed by atoms with Gasteiger partial charge in [0.1, 0.15) is 12.0 Å². The number of alkyl halides is 1. The second-order valence-corrected chi connectivity index (χ2v) is 10.9. The minimum Gasteiger partial charge on any atom is -0.321 e. The number of carbonyl (C=O) groups is 1. The molecule has 1 aliphatic heterocycles. The Balaban J connectivity index is 1.27. The Morgan fingerprint density at radius 3 is 2.86 bits per heavy atom. The van der Waals surface area contributed by atoms with E-state index >= 15 is 0 Å². The average Bonchev–Trinajstić information content (AvgIpc) is 3.48. The summed E-state index contributed by atoms with van der Waals surface area (Å²) in [6.07, 6.45) is 4.42. The van der Waals surface area contributed by atoms with E-state index in [-0.39, 0.29) is 22.5 Å². The molecular weight excluding hydrogens is 482 g/mol. The van der Waals surface area contributed by atoms with E-state index in [1.165, 1.54) is 23.8 Å². The number of halogens is 3. The van der Waals surface area contributed by atoms with Crippen molar-refractivity contribution in [2.24, 2.45) is 5.92 Å². The van der Waals surface area contributed by atoms with E-state index in [4.69, 9.17) is 11.6 Å². The molecule has 3 fully saturated rings. The largest absolute Gasteiger partial charge is 0.322 e. The van der Waals surface area contributed by atoms with Crippen LogP contribution in [0.5, 0.6) is 0 Å². The lowest BCUT2D eigenvalue weighted by Gasteiger charge is -2.37. The van der Waals surface area contributed by atoms with Crippen LogP contribution in [0.2, 0.25) is 5.02 Å². The summed E-state index contributed by atoms with van der Waals surface area (Å²) in [6.45, 7) is 2.56. The number of carbonyl (C=O) groups excluding carboxylic acids is 1. The van der Waals surface area contributed by atoms with Crippen LogP contribution in [0, 0.1) is 23.1 Å². The molecule has 3 aliphatic rings. The number of amides is 2. The molecule has 0 aromatic heterocycles. The molecule has 2 aromatic rings. The molecule has 190 valence electrons. The van der Waals surface area contributed by atoms with Gasteiger partial charge in [0.2, 0.25) is 0 Å². The maximum Gasteiger partial charge on any atom is 0.322 e. The van der Waals surface area contributed by atoms with Crippen molar-refractivity contribution < 1.29 is 13.6 Å². The summed E-state index contributed by atoms with van der Waals surface area (Å²) < 4.78 is 27.2. The van der Waals surface area contributed by atoms with Gasteiger partial charge in [0.15, 0.2) is 0 Å². The van der Waals surface area contributed by atoms with Gasteiger partial charge >= 0.3 is 6.03 Å². The number of benzene rings is 2. The lowest BCUT2D eigenvalue weighted by atomic mass is 9.80. The molecule has 4 atom stereocenters. The molecule has 0 spiro atoms. The van der Waals surface area contributed by atoms with Gasteiger partial charge in [-0.25, -0.2) is 13.6 Å². The first kappa shape index (κ1) is 25.0. The predicted molar refractivity (Wildman–Crippen MR) is 136 cm³/mol. The van der Waals surface area contributed by atoms with E-state index in [1.807, 2.05) is 23.1 Å². The average molecular weight is 513 g/mol. The van der Waals surface area contributed by atoms with Crippen LogP contribution in [0.1, 0.15) is 49.7 Å². The Labute approximate surface area is 216 Å². The number of rotatable bonds is 7. The molecule has 1 unspecified atom stereocenters. The third kappa shape index (κ3) is 5.21. The Bertz CT molecular complexity index is 1170. The predicted octanol–water partition coefficient (Wildman–Crippen LogP) is 6.13. The number of fused-ring (bicyclic) bond motifs is 1. The number of anilines is 1. The van der Waals surface area contributed by atoms with Crippen LogP contribution in [-0.4, -0.2) is 54.2 Å². The van der Waals surface area contributed by atoms with Crippen molar-refractivity contribution in [3.8, 4) is 6.07 Å². The summed E-state index contributed by atoms with van der Waals surface area (Å²) in [7, 11) is 0. The van der Waals surface area contributed by atoms with Gasteiger partial charge in [0.05, 0.1) is 16.7 Å². The Kier molecular flexibility index (Phi) is 7.18. The van der Waals surface area contributed by atoms with E-state index in [2.05, 4.69) is 22.4 Å². The van der Waals surface area contributed by atoms with Crippen LogP contribution in [0.4, 0.5) is 19.3 Å². The first-order valence-electron chi connectivity index (χ1n) is 12.8. The molecule has 1 saturated heterocycles. The fourth-order valence-electron chi connectivity index (χ4n) is 6.22. The van der Waals surface area contributed by atoms with Crippen molar-refractivity contribution in [3.63, 3.8) is 0 Å². The van der Waals surface area contributed by atoms with Gasteiger partial charge < -0.3 is 15.1 Å². The summed E-state index contributed by atoms with van der Waals surface area (Å²) >= 11 is 5.92. The maximum atomic E-state index is 13.6. The summed E-state index contributed by atoms with van der Waals surface area (Å²) in [6, 6.07) is 14.2. The molecule has 2 saturated carbocycles. The number of nitrogens with zero attached hydrogens (tertiary/aromatic N) is 3. The van der Waals surface area contributed by atoms with Crippen molar-refractivity contribution in [1.29, 1.82) is 5.26 Å². The van der Waals surface area contributed by atoms with Crippen LogP contribution in [0.3, 0.4) is 0 Å². The summed E-state index contributed by atoms with van der Waals surface area (Å²) in [5, 5.41) is 12.2. The van der Waals surface area contributed by atoms with Gasteiger partial charge in [-0.3, -0.25) is 0 Å². The summed E-state index contributed by atoms with van der Waals surface area (Å²) in [5.74, 6) is -0.0484. The van der Waals surface area contributed by atoms with E-state index in [9.17, 15) is 18.8 Å². The molecule has 0 radical (unpaired) electrons. The Morgan fingerprint density at radius 2 is 2.14 bits per heavy atom. The zero-order chi connectivity index (χ0) is 25.3. The molecule has 5 rings (SSSR count). The number of likely N-dealkylation sites (tertiary alicyclic amines) is 1. The normalized spacial score (nSPS) is 27.2. The van der Waals surface area contributed by atoms with Gasteiger partial charge in [-0.1, -0.05) is 23.7 Å². The van der Waals surface area contributed by atoms with Crippen molar-refractivity contribution >= 4 is 23.3 Å². The lowest BCUT2D eigenvalue weighted by molar-refractivity contribution is 0.155. The number of nitriles is 1. The van der Waals surface area contributed by atoms with Crippen LogP contribution >= 0.6 is 11.6 Å². The third-order valence-corrected chi connectivity index (χ3v) is 8.53. The molecular formula is C28H31ClF2N4O. The maximum absolute atomic E-state index is 13.6. The fourth-order valence-corrected chi connectivity index (χ4v) is 6.40. The Morgan fingerprint density at radius 1 is 1.28 bits per heavy atom. The molecule has 1 N–H and O–H groups in total. The molecule has 2 aliphatic carbocycles. The highest BCUT2D eigenvalue weighted by molar-refractivity contribution is 6.31. The van der Waals surface area contributed by atoms with Gasteiger partial charge in [-0.2, -0.15) is 5.26 Å². The molecule has 2 amide bonds. The zero-order valence-corrected chi connectivity index (χ0v) is 21.0. The SMILES string of the molecule is N#Cc1cccc([C@]23CCC(N(CCCN4CC[C@@H](F)C4)C(=O)Nc4ccc(F)c(Cl)c4)C[C@@H]2C3)c1. The van der Waals surface area contributed by atoms with E-state index in [1.54, 1.807) is 0 Å². The third-order valence-electron chi connectivity index (χ3n) is 8.24. The van der Waals surface area contributed by atoms with Gasteiger partial charge in [0, 0.05) is 31.4 Å². The fraction of sp³-hybridized carbons (Fsp3) is 0.500. The second-order valence-electron chi connectivity index (χ2n) is 10.5. The second kappa shape index (κ2) is 10.4. The van der Waals surface area contributed by atoms with Crippen molar-refractivity contribution in [1.82, 2.24) is 9.80 Å². The van der Waals surface area contributed by atoms with E-state index in [0.717, 1.165) is 45.2 Å². The quantitative estimate of drug-likeness (QED) is 0.485. The first-order chi connectivity index (χ1) is 17.4. The highest BCUT2D eigenvalue weighted by atomic mass is 35.5. The molecule has 2 aromatic carbocycles. The number of urea groups is 1. The Hall–Kier alpha value is -2.69. The monoisotopic (exact) mass is 512 g/mol. The topological polar surface area (TPSA) is 59.4 Å². The molecule has 0 bridgehead atoms. The number of nitrogens with one attached hydrogen (secondary N) is 1. The highest BCUT2D eigenvalue weighted by Crippen LogP contribution is 2.62. The van der Waals surface area contributed by atoms with Crippen molar-refractivity contribution in [2.75, 3.05) is 31.5 Å². The highest BCUT2D eigenvalue weighted by Gasteiger charge is 2.58. The lowest BCUT2D eigenvalue weighted by Crippen LogP contribution is -2.46.